The van der Waals surface area contributed by atoms with Gasteiger partial charge in [-0.05, 0) is 0 Å². The summed E-state index contributed by atoms with van der Waals surface area (Å²) in [5, 5.41) is 3.02. The number of rotatable bonds is 1. The first-order valence-electron chi connectivity index (χ1n) is 2.49. The van der Waals surface area contributed by atoms with Gasteiger partial charge in [-0.2, -0.15) is 0 Å². The van der Waals surface area contributed by atoms with Crippen molar-refractivity contribution < 1.29 is 0 Å². The Morgan fingerprint density at radius 2 is 1.88 bits per heavy atom. The molecule has 0 atom stereocenters. The molecule has 0 fully saturated rings. The van der Waals surface area contributed by atoms with Crippen LogP contribution in [0.2, 0.25) is 0 Å². The van der Waals surface area contributed by atoms with Crippen molar-refractivity contribution in [2.45, 2.75) is 26.3 Å². The van der Waals surface area contributed by atoms with Crippen molar-refractivity contribution in [1.82, 2.24) is 5.32 Å². The van der Waals surface area contributed by atoms with Crippen LogP contribution in [-0.4, -0.2) is 25.8 Å². The van der Waals surface area contributed by atoms with Crippen LogP contribution in [0.1, 0.15) is 20.8 Å². The Labute approximate surface area is 58.2 Å². The molecule has 0 aromatic rings. The van der Waals surface area contributed by atoms with Gasteiger partial charge in [0, 0.05) is 0 Å². The van der Waals surface area contributed by atoms with E-state index in [1.54, 1.807) is 0 Å². The summed E-state index contributed by atoms with van der Waals surface area (Å²) in [5.41, 5.74) is 5.41. The van der Waals surface area contributed by atoms with E-state index in [4.69, 9.17) is 5.73 Å². The van der Waals surface area contributed by atoms with Gasteiger partial charge < -0.3 is 0 Å². The molecule has 2 nitrogen and oxygen atoms in total. The van der Waals surface area contributed by atoms with Crippen molar-refractivity contribution in [3.05, 3.63) is 0 Å². The third-order valence-corrected chi connectivity index (χ3v) is 0.712. The molecular formula is C5H12N2Se. The van der Waals surface area contributed by atoms with E-state index < -0.39 is 0 Å². The Balaban J connectivity index is 3.55. The number of nitrogens with one attached hydrogen (secondary N) is 1. The Hall–Kier alpha value is -0.0105. The minimum atomic E-state index is 0.0787. The molecule has 0 heterocycles. The van der Waals surface area contributed by atoms with E-state index in [9.17, 15) is 0 Å². The van der Waals surface area contributed by atoms with E-state index in [1.165, 1.54) is 0 Å². The molecule has 0 amide bonds. The third-order valence-electron chi connectivity index (χ3n) is 0.498. The summed E-state index contributed by atoms with van der Waals surface area (Å²) in [7, 11) is 0. The van der Waals surface area contributed by atoms with Gasteiger partial charge in [-0.25, -0.2) is 0 Å². The first-order valence-corrected chi connectivity index (χ1v) is 3.35. The maximum absolute atomic E-state index is 5.33. The van der Waals surface area contributed by atoms with Crippen LogP contribution in [0, 0.1) is 0 Å². The van der Waals surface area contributed by atoms with Gasteiger partial charge in [0.15, 0.2) is 0 Å². The molecule has 0 spiro atoms. The number of hydrogen-bond donors (Lipinski definition) is 2. The van der Waals surface area contributed by atoms with Crippen LogP contribution in [-0.2, 0) is 0 Å². The fourth-order valence-electron chi connectivity index (χ4n) is 0.370. The quantitative estimate of drug-likeness (QED) is 0.537. The molecule has 0 aromatic heterocycles. The van der Waals surface area contributed by atoms with Crippen molar-refractivity contribution in [2.75, 3.05) is 0 Å². The molecule has 3 N–H and O–H groups in total. The molecule has 8 heavy (non-hydrogen) atoms. The molecule has 0 aliphatic carbocycles. The number of nitrogens with two attached hydrogens (primary N) is 1. The monoisotopic (exact) mass is 180 g/mol. The van der Waals surface area contributed by atoms with Gasteiger partial charge in [-0.1, -0.05) is 0 Å². The molecule has 0 saturated heterocycles. The van der Waals surface area contributed by atoms with Crippen LogP contribution in [0.5, 0.6) is 0 Å². The summed E-state index contributed by atoms with van der Waals surface area (Å²) in [5.74, 6) is 0. The molecule has 48 valence electrons. The predicted octanol–water partition coefficient (Wildman–Crippen LogP) is -0.411. The third kappa shape index (κ3) is 5.99. The summed E-state index contributed by atoms with van der Waals surface area (Å²) < 4.78 is 0.650. The summed E-state index contributed by atoms with van der Waals surface area (Å²) in [6.45, 7) is 6.16. The zero-order valence-electron chi connectivity index (χ0n) is 5.49. The van der Waals surface area contributed by atoms with Crippen molar-refractivity contribution in [3.63, 3.8) is 0 Å². The topological polar surface area (TPSA) is 38.0 Å². The van der Waals surface area contributed by atoms with E-state index >= 15 is 0 Å². The first kappa shape index (κ1) is 7.99. The second-order valence-corrected chi connectivity index (χ2v) is 3.66. The average Bonchev–Trinajstić information content (AvgIpc) is 1.21. The van der Waals surface area contributed by atoms with Gasteiger partial charge in [-0.3, -0.25) is 0 Å². The molecule has 0 aromatic carbocycles. The Morgan fingerprint density at radius 1 is 1.50 bits per heavy atom. The Morgan fingerprint density at radius 3 is 1.88 bits per heavy atom. The molecule has 0 bridgehead atoms. The second-order valence-electron chi connectivity index (χ2n) is 2.74. The number of hydrogen-bond acceptors (Lipinski definition) is 2. The van der Waals surface area contributed by atoms with Gasteiger partial charge in [0.25, 0.3) is 0 Å². The normalized spacial score (nSPS) is 10.9. The van der Waals surface area contributed by atoms with E-state index in [1.807, 2.05) is 0 Å². The summed E-state index contributed by atoms with van der Waals surface area (Å²) >= 11 is 2.68. The zero-order valence-corrected chi connectivity index (χ0v) is 7.20. The van der Waals surface area contributed by atoms with Crippen LogP contribution in [0.15, 0.2) is 0 Å². The molecule has 0 aliphatic heterocycles. The standard InChI is InChI=1S/C5H12N2Se/c1-5(2,3)7-4(6)8/h1-3H3,(H3,6,7,8). The van der Waals surface area contributed by atoms with Crippen molar-refractivity contribution >= 4 is 20.2 Å². The van der Waals surface area contributed by atoms with E-state index in [0.29, 0.717) is 4.67 Å². The van der Waals surface area contributed by atoms with E-state index in [2.05, 4.69) is 41.7 Å². The molecule has 0 rings (SSSR count). The van der Waals surface area contributed by atoms with Gasteiger partial charge in [0.2, 0.25) is 0 Å². The SMILES string of the molecule is CC(C)(C)NC(N)=[Se]. The average molecular weight is 179 g/mol. The minimum absolute atomic E-state index is 0.0787. The summed E-state index contributed by atoms with van der Waals surface area (Å²) in [6, 6.07) is 0. The fourth-order valence-corrected chi connectivity index (χ4v) is 1.01. The van der Waals surface area contributed by atoms with Crippen LogP contribution in [0.25, 0.3) is 0 Å². The van der Waals surface area contributed by atoms with Gasteiger partial charge in [-0.15, -0.1) is 0 Å². The van der Waals surface area contributed by atoms with Crippen LogP contribution in [0.3, 0.4) is 0 Å². The zero-order chi connectivity index (χ0) is 6.78. The van der Waals surface area contributed by atoms with E-state index in [0.717, 1.165) is 0 Å². The second kappa shape index (κ2) is 2.51. The summed E-state index contributed by atoms with van der Waals surface area (Å²) in [4.78, 5) is 0. The Kier molecular flexibility index (Phi) is 2.51. The van der Waals surface area contributed by atoms with Crippen LogP contribution in [0.4, 0.5) is 0 Å². The first-order chi connectivity index (χ1) is 3.42. The fraction of sp³-hybridized carbons (Fsp3) is 0.800. The molecule has 0 unspecified atom stereocenters. The predicted molar refractivity (Wildman–Crippen MR) is 37.8 cm³/mol. The molecular weight excluding hydrogens is 167 g/mol. The Bertz CT molecular complexity index is 93.1. The van der Waals surface area contributed by atoms with Gasteiger partial charge in [0.05, 0.1) is 0 Å². The summed E-state index contributed by atoms with van der Waals surface area (Å²) in [6.07, 6.45) is 0. The van der Waals surface area contributed by atoms with Gasteiger partial charge >= 0.3 is 57.6 Å². The maximum atomic E-state index is 5.33. The molecule has 0 saturated carbocycles. The molecule has 3 heteroatoms. The van der Waals surface area contributed by atoms with Crippen LogP contribution >= 0.6 is 0 Å². The molecule has 0 radical (unpaired) electrons. The van der Waals surface area contributed by atoms with Crippen molar-refractivity contribution in [2.24, 2.45) is 5.73 Å². The van der Waals surface area contributed by atoms with E-state index in [-0.39, 0.29) is 5.54 Å². The van der Waals surface area contributed by atoms with Crippen molar-refractivity contribution in [1.29, 1.82) is 0 Å². The van der Waals surface area contributed by atoms with Crippen LogP contribution < -0.4 is 11.1 Å². The van der Waals surface area contributed by atoms with Gasteiger partial charge in [0.1, 0.15) is 0 Å². The molecule has 0 aliphatic rings. The van der Waals surface area contributed by atoms with Crippen molar-refractivity contribution in [3.8, 4) is 0 Å².